The van der Waals surface area contributed by atoms with Gasteiger partial charge in [-0.3, -0.25) is 9.78 Å². The first kappa shape index (κ1) is 17.0. The molecule has 1 aromatic heterocycles. The molecule has 2 aromatic rings. The van der Waals surface area contributed by atoms with Gasteiger partial charge in [0.15, 0.2) is 0 Å². The fourth-order valence-electron chi connectivity index (χ4n) is 2.57. The smallest absolute Gasteiger partial charge is 0.272 e. The van der Waals surface area contributed by atoms with Gasteiger partial charge in [-0.2, -0.15) is 0 Å². The number of carbonyl (C=O) groups is 1. The summed E-state index contributed by atoms with van der Waals surface area (Å²) in [5.41, 5.74) is 3.67. The molecular formula is C19H25N3O. The molecular weight excluding hydrogens is 286 g/mol. The molecule has 4 heteroatoms. The van der Waals surface area contributed by atoms with Crippen molar-refractivity contribution in [2.45, 2.75) is 33.6 Å². The fourth-order valence-corrected chi connectivity index (χ4v) is 2.57. The van der Waals surface area contributed by atoms with Crippen LogP contribution in [0, 0.1) is 0 Å². The molecule has 0 saturated heterocycles. The molecule has 23 heavy (non-hydrogen) atoms. The highest BCUT2D eigenvalue weighted by Gasteiger charge is 2.14. The van der Waals surface area contributed by atoms with Crippen LogP contribution in [0.1, 0.15) is 49.7 Å². The van der Waals surface area contributed by atoms with E-state index in [4.69, 9.17) is 0 Å². The van der Waals surface area contributed by atoms with E-state index in [0.29, 0.717) is 24.7 Å². The normalized spacial score (nSPS) is 10.7. The maximum atomic E-state index is 12.4. The van der Waals surface area contributed by atoms with Crippen molar-refractivity contribution in [1.82, 2.24) is 9.88 Å². The minimum atomic E-state index is -0.0317. The number of benzene rings is 1. The lowest BCUT2D eigenvalue weighted by Crippen LogP contribution is -2.31. The maximum Gasteiger partial charge on any atom is 0.272 e. The lowest BCUT2D eigenvalue weighted by Gasteiger charge is -2.19. The van der Waals surface area contributed by atoms with Crippen LogP contribution in [-0.4, -0.2) is 28.9 Å². The quantitative estimate of drug-likeness (QED) is 0.858. The summed E-state index contributed by atoms with van der Waals surface area (Å²) < 4.78 is 0. The Morgan fingerprint density at radius 3 is 2.52 bits per heavy atom. The molecule has 0 fully saturated rings. The van der Waals surface area contributed by atoms with Gasteiger partial charge in [-0.1, -0.05) is 32.0 Å². The number of anilines is 2. The van der Waals surface area contributed by atoms with Crippen LogP contribution in [0.4, 0.5) is 11.4 Å². The molecule has 1 heterocycles. The van der Waals surface area contributed by atoms with E-state index >= 15 is 0 Å². The molecule has 0 aliphatic heterocycles. The molecule has 0 saturated carbocycles. The van der Waals surface area contributed by atoms with Crippen LogP contribution in [-0.2, 0) is 0 Å². The first-order valence-electron chi connectivity index (χ1n) is 8.18. The third-order valence-electron chi connectivity index (χ3n) is 3.89. The van der Waals surface area contributed by atoms with Crippen molar-refractivity contribution >= 4 is 17.3 Å². The summed E-state index contributed by atoms with van der Waals surface area (Å²) in [5, 5.41) is 3.41. The second kappa shape index (κ2) is 7.77. The zero-order chi connectivity index (χ0) is 16.8. The van der Waals surface area contributed by atoms with Gasteiger partial charge >= 0.3 is 0 Å². The van der Waals surface area contributed by atoms with Gasteiger partial charge in [0.1, 0.15) is 5.69 Å². The molecule has 2 rings (SSSR count). The van der Waals surface area contributed by atoms with Crippen molar-refractivity contribution < 1.29 is 4.79 Å². The van der Waals surface area contributed by atoms with E-state index in [1.54, 1.807) is 11.1 Å². The average Bonchev–Trinajstić information content (AvgIpc) is 2.56. The highest BCUT2D eigenvalue weighted by molar-refractivity contribution is 5.93. The number of para-hydroxylation sites is 1. The van der Waals surface area contributed by atoms with Gasteiger partial charge in [0.2, 0.25) is 0 Å². The molecule has 4 nitrogen and oxygen atoms in total. The van der Waals surface area contributed by atoms with E-state index in [1.165, 1.54) is 5.56 Å². The summed E-state index contributed by atoms with van der Waals surface area (Å²) in [7, 11) is 0. The van der Waals surface area contributed by atoms with Gasteiger partial charge in [-0.25, -0.2) is 0 Å². The zero-order valence-corrected chi connectivity index (χ0v) is 14.3. The number of nitrogens with zero attached hydrogens (tertiary/aromatic N) is 2. The van der Waals surface area contributed by atoms with Crippen molar-refractivity contribution in [3.8, 4) is 0 Å². The molecule has 0 aliphatic rings. The van der Waals surface area contributed by atoms with E-state index < -0.39 is 0 Å². The molecule has 0 spiro atoms. The van der Waals surface area contributed by atoms with Gasteiger partial charge in [0.25, 0.3) is 5.91 Å². The Kier molecular flexibility index (Phi) is 5.74. The van der Waals surface area contributed by atoms with Gasteiger partial charge in [-0.05, 0) is 43.5 Å². The number of pyridine rings is 1. The Morgan fingerprint density at radius 2 is 1.87 bits per heavy atom. The molecule has 0 atom stereocenters. The van der Waals surface area contributed by atoms with Crippen LogP contribution in [0.5, 0.6) is 0 Å². The summed E-state index contributed by atoms with van der Waals surface area (Å²) in [6, 6.07) is 11.9. The Labute approximate surface area is 138 Å². The maximum absolute atomic E-state index is 12.4. The summed E-state index contributed by atoms with van der Waals surface area (Å²) in [6.45, 7) is 9.66. The van der Waals surface area contributed by atoms with Crippen LogP contribution in [0.2, 0.25) is 0 Å². The Bertz CT molecular complexity index is 663. The van der Waals surface area contributed by atoms with Crippen LogP contribution < -0.4 is 5.32 Å². The van der Waals surface area contributed by atoms with E-state index in [-0.39, 0.29) is 5.91 Å². The summed E-state index contributed by atoms with van der Waals surface area (Å²) in [5.74, 6) is 0.396. The average molecular weight is 311 g/mol. The molecule has 1 N–H and O–H groups in total. The van der Waals surface area contributed by atoms with E-state index in [0.717, 1.165) is 11.4 Å². The molecule has 0 radical (unpaired) electrons. The third kappa shape index (κ3) is 4.09. The first-order valence-corrected chi connectivity index (χ1v) is 8.18. The SMILES string of the molecule is CCN(CC)C(=O)c1cc(Nc2ccccc2C(C)C)ccn1. The third-order valence-corrected chi connectivity index (χ3v) is 3.89. The second-order valence-electron chi connectivity index (χ2n) is 5.77. The standard InChI is InChI=1S/C19H25N3O/c1-5-22(6-2)19(23)18-13-15(11-12-20-18)21-17-10-8-7-9-16(17)14(3)4/h7-14H,5-6H2,1-4H3,(H,20,21). The number of nitrogens with one attached hydrogen (secondary N) is 1. The number of aromatic nitrogens is 1. The topological polar surface area (TPSA) is 45.2 Å². The number of carbonyl (C=O) groups excluding carboxylic acids is 1. The molecule has 1 amide bonds. The van der Waals surface area contributed by atoms with Crippen LogP contribution in [0.25, 0.3) is 0 Å². The molecule has 0 unspecified atom stereocenters. The highest BCUT2D eigenvalue weighted by atomic mass is 16.2. The van der Waals surface area contributed by atoms with Crippen molar-refractivity contribution in [2.75, 3.05) is 18.4 Å². The zero-order valence-electron chi connectivity index (χ0n) is 14.3. The van der Waals surface area contributed by atoms with Crippen LogP contribution >= 0.6 is 0 Å². The number of hydrogen-bond donors (Lipinski definition) is 1. The van der Waals surface area contributed by atoms with E-state index in [9.17, 15) is 4.79 Å². The van der Waals surface area contributed by atoms with Gasteiger partial charge in [-0.15, -0.1) is 0 Å². The van der Waals surface area contributed by atoms with E-state index in [1.807, 2.05) is 38.1 Å². The summed E-state index contributed by atoms with van der Waals surface area (Å²) in [4.78, 5) is 18.4. The van der Waals surface area contributed by atoms with Crippen molar-refractivity contribution in [3.63, 3.8) is 0 Å². The Balaban J connectivity index is 2.26. The van der Waals surface area contributed by atoms with E-state index in [2.05, 4.69) is 36.3 Å². The second-order valence-corrected chi connectivity index (χ2v) is 5.77. The Hall–Kier alpha value is -2.36. The predicted octanol–water partition coefficient (Wildman–Crippen LogP) is 4.43. The van der Waals surface area contributed by atoms with Crippen molar-refractivity contribution in [3.05, 3.63) is 53.9 Å². The Morgan fingerprint density at radius 1 is 1.17 bits per heavy atom. The minimum Gasteiger partial charge on any atom is -0.355 e. The van der Waals surface area contributed by atoms with Gasteiger partial charge < -0.3 is 10.2 Å². The molecule has 0 aliphatic carbocycles. The van der Waals surface area contributed by atoms with Gasteiger partial charge in [0, 0.05) is 30.7 Å². The molecule has 122 valence electrons. The minimum absolute atomic E-state index is 0.0317. The number of amides is 1. The largest absolute Gasteiger partial charge is 0.355 e. The van der Waals surface area contributed by atoms with Crippen LogP contribution in [0.3, 0.4) is 0 Å². The lowest BCUT2D eigenvalue weighted by atomic mass is 10.0. The monoisotopic (exact) mass is 311 g/mol. The van der Waals surface area contributed by atoms with Gasteiger partial charge in [0.05, 0.1) is 0 Å². The molecule has 1 aromatic carbocycles. The lowest BCUT2D eigenvalue weighted by molar-refractivity contribution is 0.0767. The number of rotatable bonds is 6. The fraction of sp³-hybridized carbons (Fsp3) is 0.368. The van der Waals surface area contributed by atoms with Crippen molar-refractivity contribution in [1.29, 1.82) is 0 Å². The number of hydrogen-bond acceptors (Lipinski definition) is 3. The van der Waals surface area contributed by atoms with Crippen molar-refractivity contribution in [2.24, 2.45) is 0 Å². The first-order chi connectivity index (χ1) is 11.1. The summed E-state index contributed by atoms with van der Waals surface area (Å²) in [6.07, 6.45) is 1.68. The molecule has 0 bridgehead atoms. The highest BCUT2D eigenvalue weighted by Crippen LogP contribution is 2.27. The van der Waals surface area contributed by atoms with Crippen LogP contribution in [0.15, 0.2) is 42.6 Å². The predicted molar refractivity (Wildman–Crippen MR) is 95.3 cm³/mol. The summed E-state index contributed by atoms with van der Waals surface area (Å²) >= 11 is 0.